The van der Waals surface area contributed by atoms with Crippen LogP contribution in [0.1, 0.15) is 23.0 Å². The lowest BCUT2D eigenvalue weighted by Crippen LogP contribution is -2.47. The minimum Gasteiger partial charge on any atom is -0.461 e. The fourth-order valence-electron chi connectivity index (χ4n) is 3.75. The van der Waals surface area contributed by atoms with Crippen molar-refractivity contribution in [3.05, 3.63) is 82.3 Å². The molecule has 1 aromatic heterocycles. The zero-order chi connectivity index (χ0) is 21.8. The van der Waals surface area contributed by atoms with Gasteiger partial charge in [0.25, 0.3) is 5.56 Å². The van der Waals surface area contributed by atoms with Gasteiger partial charge in [0, 0.05) is 37.9 Å². The number of hydrogen-bond donors (Lipinski definition) is 0. The molecule has 1 saturated heterocycles. The molecule has 1 fully saturated rings. The summed E-state index contributed by atoms with van der Waals surface area (Å²) in [6.07, 6.45) is 0. The third-order valence-electron chi connectivity index (χ3n) is 5.40. The standard InChI is InChI=1S/C24H26N4O3/c1-3-31-24(30)23-21(17-22(29)28(25-23)20-11-9-18(2)10-12-20)27-15-13-26(14-16-27)19-7-5-4-6-8-19/h4-12,17H,3,13-16H2,1-2H3. The van der Waals surface area contributed by atoms with E-state index in [1.807, 2.05) is 54.3 Å². The number of aryl methyl sites for hydroxylation is 1. The molecule has 0 N–H and O–H groups in total. The van der Waals surface area contributed by atoms with Gasteiger partial charge < -0.3 is 14.5 Å². The normalized spacial score (nSPS) is 13.9. The number of piperazine rings is 1. The van der Waals surface area contributed by atoms with Crippen molar-refractivity contribution in [3.63, 3.8) is 0 Å². The molecule has 4 rings (SSSR count). The number of esters is 1. The van der Waals surface area contributed by atoms with E-state index < -0.39 is 5.97 Å². The Bertz CT molecular complexity index is 1100. The summed E-state index contributed by atoms with van der Waals surface area (Å²) >= 11 is 0. The second-order valence-corrected chi connectivity index (χ2v) is 7.49. The van der Waals surface area contributed by atoms with Crippen LogP contribution in [-0.2, 0) is 4.74 Å². The predicted molar refractivity (Wildman–Crippen MR) is 121 cm³/mol. The molecule has 0 aliphatic carbocycles. The highest BCUT2D eigenvalue weighted by Crippen LogP contribution is 2.23. The lowest BCUT2D eigenvalue weighted by molar-refractivity contribution is 0.0518. The molecule has 2 heterocycles. The Kier molecular flexibility index (Phi) is 6.02. The highest BCUT2D eigenvalue weighted by molar-refractivity contribution is 5.93. The van der Waals surface area contributed by atoms with Crippen molar-refractivity contribution in [2.75, 3.05) is 42.6 Å². The molecular weight excluding hydrogens is 392 g/mol. The topological polar surface area (TPSA) is 67.7 Å². The Morgan fingerprint density at radius 3 is 2.23 bits per heavy atom. The van der Waals surface area contributed by atoms with Gasteiger partial charge in [-0.15, -0.1) is 0 Å². The van der Waals surface area contributed by atoms with Crippen LogP contribution in [0.3, 0.4) is 0 Å². The van der Waals surface area contributed by atoms with E-state index in [4.69, 9.17) is 4.74 Å². The SMILES string of the molecule is CCOC(=O)c1nn(-c2ccc(C)cc2)c(=O)cc1N1CCN(c2ccccc2)CC1. The monoisotopic (exact) mass is 418 g/mol. The zero-order valence-corrected chi connectivity index (χ0v) is 17.8. The molecule has 0 radical (unpaired) electrons. The van der Waals surface area contributed by atoms with E-state index in [-0.39, 0.29) is 17.9 Å². The van der Waals surface area contributed by atoms with E-state index in [1.165, 1.54) is 16.4 Å². The molecule has 0 spiro atoms. The average molecular weight is 418 g/mol. The largest absolute Gasteiger partial charge is 0.461 e. The minimum atomic E-state index is -0.524. The molecule has 1 aliphatic rings. The Hall–Kier alpha value is -3.61. The van der Waals surface area contributed by atoms with Gasteiger partial charge in [-0.25, -0.2) is 4.79 Å². The van der Waals surface area contributed by atoms with Crippen LogP contribution >= 0.6 is 0 Å². The second kappa shape index (κ2) is 9.04. The van der Waals surface area contributed by atoms with E-state index in [0.29, 0.717) is 24.5 Å². The molecule has 0 amide bonds. The van der Waals surface area contributed by atoms with Crippen molar-refractivity contribution in [3.8, 4) is 5.69 Å². The number of benzene rings is 2. The van der Waals surface area contributed by atoms with Crippen molar-refractivity contribution in [1.29, 1.82) is 0 Å². The quantitative estimate of drug-likeness (QED) is 0.594. The summed E-state index contributed by atoms with van der Waals surface area (Å²) in [7, 11) is 0. The van der Waals surface area contributed by atoms with Crippen molar-refractivity contribution in [2.45, 2.75) is 13.8 Å². The summed E-state index contributed by atoms with van der Waals surface area (Å²) in [4.78, 5) is 29.9. The van der Waals surface area contributed by atoms with E-state index in [0.717, 1.165) is 18.7 Å². The van der Waals surface area contributed by atoms with Crippen molar-refractivity contribution < 1.29 is 9.53 Å². The van der Waals surface area contributed by atoms with Crippen LogP contribution in [0.2, 0.25) is 0 Å². The molecule has 3 aromatic rings. The van der Waals surface area contributed by atoms with E-state index in [2.05, 4.69) is 22.1 Å². The second-order valence-electron chi connectivity index (χ2n) is 7.49. The number of carbonyl (C=O) groups excluding carboxylic acids is 1. The first-order chi connectivity index (χ1) is 15.1. The summed E-state index contributed by atoms with van der Waals surface area (Å²) in [5.41, 5.74) is 3.27. The molecule has 1 aliphatic heterocycles. The van der Waals surface area contributed by atoms with E-state index in [1.54, 1.807) is 6.92 Å². The van der Waals surface area contributed by atoms with E-state index in [9.17, 15) is 9.59 Å². The highest BCUT2D eigenvalue weighted by atomic mass is 16.5. The Labute approximate surface area is 181 Å². The lowest BCUT2D eigenvalue weighted by Gasteiger charge is -2.37. The first-order valence-electron chi connectivity index (χ1n) is 10.5. The van der Waals surface area contributed by atoms with Gasteiger partial charge >= 0.3 is 5.97 Å². The maximum absolute atomic E-state index is 12.9. The Morgan fingerprint density at radius 1 is 0.935 bits per heavy atom. The number of rotatable bonds is 5. The minimum absolute atomic E-state index is 0.162. The van der Waals surface area contributed by atoms with Gasteiger partial charge in [0.15, 0.2) is 5.69 Å². The number of hydrogen-bond acceptors (Lipinski definition) is 6. The predicted octanol–water partition coefficient (Wildman–Crippen LogP) is 3.04. The third-order valence-corrected chi connectivity index (χ3v) is 5.40. The number of anilines is 2. The molecule has 7 nitrogen and oxygen atoms in total. The first kappa shape index (κ1) is 20.7. The van der Waals surface area contributed by atoms with Crippen LogP contribution in [0.25, 0.3) is 5.69 Å². The Morgan fingerprint density at radius 2 is 1.58 bits per heavy atom. The summed E-state index contributed by atoms with van der Waals surface area (Å²) in [5, 5.41) is 4.42. The van der Waals surface area contributed by atoms with Gasteiger partial charge in [0.1, 0.15) is 0 Å². The summed E-state index contributed by atoms with van der Waals surface area (Å²) < 4.78 is 6.51. The summed E-state index contributed by atoms with van der Waals surface area (Å²) in [6.45, 7) is 6.90. The summed E-state index contributed by atoms with van der Waals surface area (Å²) in [6, 6.07) is 19.2. The van der Waals surface area contributed by atoms with Crippen LogP contribution in [0.5, 0.6) is 0 Å². The van der Waals surface area contributed by atoms with Gasteiger partial charge in [0.2, 0.25) is 0 Å². The molecule has 2 aromatic carbocycles. The number of para-hydroxylation sites is 1. The van der Waals surface area contributed by atoms with Gasteiger partial charge in [-0.05, 0) is 38.1 Å². The summed E-state index contributed by atoms with van der Waals surface area (Å²) in [5.74, 6) is -0.524. The van der Waals surface area contributed by atoms with E-state index >= 15 is 0 Å². The van der Waals surface area contributed by atoms with Gasteiger partial charge in [0.05, 0.1) is 18.0 Å². The smallest absolute Gasteiger partial charge is 0.360 e. The molecule has 7 heteroatoms. The van der Waals surface area contributed by atoms with Crippen LogP contribution in [-0.4, -0.2) is 48.5 Å². The number of aromatic nitrogens is 2. The molecule has 31 heavy (non-hydrogen) atoms. The molecular formula is C24H26N4O3. The van der Waals surface area contributed by atoms with Gasteiger partial charge in [-0.1, -0.05) is 35.9 Å². The van der Waals surface area contributed by atoms with Crippen LogP contribution in [0.4, 0.5) is 11.4 Å². The average Bonchev–Trinajstić information content (AvgIpc) is 2.80. The number of nitrogens with zero attached hydrogens (tertiary/aromatic N) is 4. The van der Waals surface area contributed by atoms with Gasteiger partial charge in [-0.2, -0.15) is 9.78 Å². The highest BCUT2D eigenvalue weighted by Gasteiger charge is 2.25. The Balaban J connectivity index is 1.65. The maximum Gasteiger partial charge on any atom is 0.360 e. The van der Waals surface area contributed by atoms with Gasteiger partial charge in [-0.3, -0.25) is 4.79 Å². The molecule has 160 valence electrons. The van der Waals surface area contributed by atoms with Crippen molar-refractivity contribution in [1.82, 2.24) is 9.78 Å². The third kappa shape index (κ3) is 4.45. The first-order valence-corrected chi connectivity index (χ1v) is 10.5. The van der Waals surface area contributed by atoms with Crippen molar-refractivity contribution >= 4 is 17.3 Å². The van der Waals surface area contributed by atoms with Crippen LogP contribution in [0, 0.1) is 6.92 Å². The maximum atomic E-state index is 12.9. The van der Waals surface area contributed by atoms with Crippen LogP contribution < -0.4 is 15.4 Å². The molecule has 0 bridgehead atoms. The molecule has 0 atom stereocenters. The number of carbonyl (C=O) groups is 1. The fraction of sp³-hybridized carbons (Fsp3) is 0.292. The molecule has 0 saturated carbocycles. The fourth-order valence-corrected chi connectivity index (χ4v) is 3.75. The van der Waals surface area contributed by atoms with Crippen LogP contribution in [0.15, 0.2) is 65.5 Å². The number of ether oxygens (including phenoxy) is 1. The zero-order valence-electron chi connectivity index (χ0n) is 17.8. The lowest BCUT2D eigenvalue weighted by atomic mass is 10.2. The van der Waals surface area contributed by atoms with Crippen molar-refractivity contribution in [2.24, 2.45) is 0 Å². The molecule has 0 unspecified atom stereocenters.